The normalized spacial score (nSPS) is 18.2. The Labute approximate surface area is 194 Å². The van der Waals surface area contributed by atoms with E-state index >= 15 is 0 Å². The molecule has 2 heterocycles. The van der Waals surface area contributed by atoms with Crippen LogP contribution in [0.3, 0.4) is 0 Å². The van der Waals surface area contributed by atoms with Gasteiger partial charge in [-0.2, -0.15) is 0 Å². The van der Waals surface area contributed by atoms with Crippen LogP contribution in [-0.2, 0) is 20.2 Å². The van der Waals surface area contributed by atoms with E-state index in [1.54, 1.807) is 0 Å². The summed E-state index contributed by atoms with van der Waals surface area (Å²) in [5.41, 5.74) is 1.07. The number of hydrogen-bond donors (Lipinski definition) is 2. The molecule has 2 aromatic rings. The van der Waals surface area contributed by atoms with Gasteiger partial charge in [0.1, 0.15) is 13.2 Å². The standard InChI is InChI=1S/C24H30N2O6S/c1-24(2,18-7-10-21-22(14-18)32-13-12-31-21)16-25-23(27)17-5-8-20(9-6-17)33(28,29)26-15-19-4-3-11-30-19/h5-10,14,19,26H,3-4,11-13,15-16H2,1-2H3,(H,25,27). The average Bonchev–Trinajstić information content (AvgIpc) is 3.35. The molecule has 1 atom stereocenters. The second kappa shape index (κ2) is 9.70. The summed E-state index contributed by atoms with van der Waals surface area (Å²) in [5.74, 6) is 1.17. The Balaban J connectivity index is 1.35. The Hall–Kier alpha value is -2.62. The minimum atomic E-state index is -3.65. The molecule has 0 saturated carbocycles. The van der Waals surface area contributed by atoms with E-state index in [2.05, 4.69) is 10.0 Å². The molecule has 2 aliphatic rings. The first-order chi connectivity index (χ1) is 15.7. The molecule has 0 spiro atoms. The van der Waals surface area contributed by atoms with Gasteiger partial charge in [0.2, 0.25) is 10.0 Å². The summed E-state index contributed by atoms with van der Waals surface area (Å²) in [5, 5.41) is 2.95. The van der Waals surface area contributed by atoms with Crippen molar-refractivity contribution in [3.63, 3.8) is 0 Å². The van der Waals surface area contributed by atoms with Gasteiger partial charge in [0.15, 0.2) is 11.5 Å². The number of rotatable bonds is 8. The number of ether oxygens (including phenoxy) is 3. The molecule has 0 aromatic heterocycles. The van der Waals surface area contributed by atoms with Gasteiger partial charge in [0.25, 0.3) is 5.91 Å². The Bertz CT molecular complexity index is 1090. The fourth-order valence-corrected chi connectivity index (χ4v) is 4.91. The zero-order valence-corrected chi connectivity index (χ0v) is 19.7. The third-order valence-corrected chi connectivity index (χ3v) is 7.41. The lowest BCUT2D eigenvalue weighted by Crippen LogP contribution is -2.36. The van der Waals surface area contributed by atoms with Crippen molar-refractivity contribution in [3.8, 4) is 11.5 Å². The Morgan fingerprint density at radius 3 is 2.45 bits per heavy atom. The van der Waals surface area contributed by atoms with Gasteiger partial charge in [-0.1, -0.05) is 19.9 Å². The number of nitrogens with one attached hydrogen (secondary N) is 2. The smallest absolute Gasteiger partial charge is 0.251 e. The molecular weight excluding hydrogens is 444 g/mol. The molecule has 4 rings (SSSR count). The van der Waals surface area contributed by atoms with Gasteiger partial charge < -0.3 is 19.5 Å². The van der Waals surface area contributed by atoms with Crippen LogP contribution in [0.4, 0.5) is 0 Å². The lowest BCUT2D eigenvalue weighted by atomic mass is 9.84. The van der Waals surface area contributed by atoms with Crippen molar-refractivity contribution in [2.75, 3.05) is 32.9 Å². The Kier molecular flexibility index (Phi) is 6.92. The van der Waals surface area contributed by atoms with E-state index < -0.39 is 10.0 Å². The van der Waals surface area contributed by atoms with Crippen LogP contribution < -0.4 is 19.5 Å². The van der Waals surface area contributed by atoms with Crippen molar-refractivity contribution in [3.05, 3.63) is 53.6 Å². The number of benzene rings is 2. The molecule has 2 aliphatic heterocycles. The summed E-state index contributed by atoms with van der Waals surface area (Å²) in [6.45, 7) is 6.44. The number of fused-ring (bicyclic) bond motifs is 1. The molecule has 1 saturated heterocycles. The first-order valence-corrected chi connectivity index (χ1v) is 12.6. The summed E-state index contributed by atoms with van der Waals surface area (Å²) in [6.07, 6.45) is 1.72. The van der Waals surface area contributed by atoms with Crippen LogP contribution in [0.25, 0.3) is 0 Å². The highest BCUT2D eigenvalue weighted by Crippen LogP contribution is 2.35. The Morgan fingerprint density at radius 2 is 1.76 bits per heavy atom. The monoisotopic (exact) mass is 474 g/mol. The summed E-state index contributed by atoms with van der Waals surface area (Å²) in [4.78, 5) is 12.8. The van der Waals surface area contributed by atoms with Crippen molar-refractivity contribution in [1.29, 1.82) is 0 Å². The zero-order valence-electron chi connectivity index (χ0n) is 18.9. The maximum atomic E-state index is 12.7. The fraction of sp³-hybridized carbons (Fsp3) is 0.458. The molecule has 178 valence electrons. The summed E-state index contributed by atoms with van der Waals surface area (Å²) in [6, 6.07) is 11.7. The molecule has 33 heavy (non-hydrogen) atoms. The van der Waals surface area contributed by atoms with E-state index in [1.165, 1.54) is 24.3 Å². The first kappa shape index (κ1) is 23.5. The van der Waals surface area contributed by atoms with E-state index in [4.69, 9.17) is 14.2 Å². The van der Waals surface area contributed by atoms with Crippen LogP contribution in [0, 0.1) is 0 Å². The third-order valence-electron chi connectivity index (χ3n) is 5.97. The zero-order chi connectivity index (χ0) is 23.5. The largest absolute Gasteiger partial charge is 0.486 e. The van der Waals surface area contributed by atoms with Gasteiger partial charge in [-0.25, -0.2) is 13.1 Å². The van der Waals surface area contributed by atoms with Crippen LogP contribution >= 0.6 is 0 Å². The fourth-order valence-electron chi connectivity index (χ4n) is 3.85. The number of amides is 1. The molecular formula is C24H30N2O6S. The lowest BCUT2D eigenvalue weighted by molar-refractivity contribution is 0.0945. The quantitative estimate of drug-likeness (QED) is 0.610. The van der Waals surface area contributed by atoms with Gasteiger partial charge in [-0.15, -0.1) is 0 Å². The summed E-state index contributed by atoms with van der Waals surface area (Å²) >= 11 is 0. The van der Waals surface area contributed by atoms with E-state index in [9.17, 15) is 13.2 Å². The number of sulfonamides is 1. The molecule has 1 amide bonds. The van der Waals surface area contributed by atoms with Crippen LogP contribution in [-0.4, -0.2) is 53.3 Å². The van der Waals surface area contributed by atoms with Gasteiger partial charge in [0.05, 0.1) is 11.0 Å². The SMILES string of the molecule is CC(C)(CNC(=O)c1ccc(S(=O)(=O)NCC2CCCO2)cc1)c1ccc2c(c1)OCCO2. The number of hydrogen-bond acceptors (Lipinski definition) is 6. The topological polar surface area (TPSA) is 103 Å². The highest BCUT2D eigenvalue weighted by molar-refractivity contribution is 7.89. The first-order valence-electron chi connectivity index (χ1n) is 11.1. The molecule has 2 N–H and O–H groups in total. The van der Waals surface area contributed by atoms with Crippen LogP contribution in [0.2, 0.25) is 0 Å². The molecule has 0 bridgehead atoms. The summed E-state index contributed by atoms with van der Waals surface area (Å²) in [7, 11) is -3.65. The van der Waals surface area contributed by atoms with E-state index in [1.807, 2.05) is 32.0 Å². The van der Waals surface area contributed by atoms with Crippen LogP contribution in [0.1, 0.15) is 42.6 Å². The summed E-state index contributed by atoms with van der Waals surface area (Å²) < 4.78 is 44.3. The minimum Gasteiger partial charge on any atom is -0.486 e. The minimum absolute atomic E-state index is 0.0811. The maximum Gasteiger partial charge on any atom is 0.251 e. The maximum absolute atomic E-state index is 12.7. The second-order valence-corrected chi connectivity index (χ2v) is 10.7. The molecule has 0 aliphatic carbocycles. The van der Waals surface area contributed by atoms with E-state index in [-0.39, 0.29) is 28.9 Å². The highest BCUT2D eigenvalue weighted by atomic mass is 32.2. The van der Waals surface area contributed by atoms with Crippen molar-refractivity contribution < 1.29 is 27.4 Å². The Morgan fingerprint density at radius 1 is 1.03 bits per heavy atom. The van der Waals surface area contributed by atoms with Crippen molar-refractivity contribution >= 4 is 15.9 Å². The molecule has 2 aromatic carbocycles. The third kappa shape index (κ3) is 5.66. The van der Waals surface area contributed by atoms with Crippen molar-refractivity contribution in [2.24, 2.45) is 0 Å². The lowest BCUT2D eigenvalue weighted by Gasteiger charge is -2.28. The van der Waals surface area contributed by atoms with Crippen molar-refractivity contribution in [1.82, 2.24) is 10.0 Å². The number of carbonyl (C=O) groups excluding carboxylic acids is 1. The van der Waals surface area contributed by atoms with Gasteiger partial charge in [-0.05, 0) is 54.8 Å². The average molecular weight is 475 g/mol. The van der Waals surface area contributed by atoms with Crippen LogP contribution in [0.15, 0.2) is 47.4 Å². The van der Waals surface area contributed by atoms with Gasteiger partial charge in [-0.3, -0.25) is 4.79 Å². The van der Waals surface area contributed by atoms with Gasteiger partial charge in [0, 0.05) is 30.7 Å². The second-order valence-electron chi connectivity index (χ2n) is 8.94. The van der Waals surface area contributed by atoms with Crippen LogP contribution in [0.5, 0.6) is 11.5 Å². The molecule has 8 nitrogen and oxygen atoms in total. The molecule has 1 fully saturated rings. The van der Waals surface area contributed by atoms with E-state index in [0.717, 1.165) is 24.2 Å². The highest BCUT2D eigenvalue weighted by Gasteiger charge is 2.25. The predicted octanol–water partition coefficient (Wildman–Crippen LogP) is 2.62. The van der Waals surface area contributed by atoms with Gasteiger partial charge >= 0.3 is 0 Å². The molecule has 9 heteroatoms. The molecule has 1 unspecified atom stereocenters. The van der Waals surface area contributed by atoms with E-state index in [0.29, 0.717) is 37.7 Å². The predicted molar refractivity (Wildman–Crippen MR) is 123 cm³/mol. The number of carbonyl (C=O) groups is 1. The molecule has 0 radical (unpaired) electrons. The van der Waals surface area contributed by atoms with Crippen molar-refractivity contribution in [2.45, 2.75) is 43.1 Å².